The zero-order valence-electron chi connectivity index (χ0n) is 5.94. The molecule has 1 aliphatic rings. The summed E-state index contributed by atoms with van der Waals surface area (Å²) >= 11 is -1.68. The van der Waals surface area contributed by atoms with E-state index in [0.717, 1.165) is 0 Å². The van der Waals surface area contributed by atoms with Crippen LogP contribution < -0.4 is 0 Å². The number of carbonyl (C=O) groups excluding carboxylic acids is 1. The lowest BCUT2D eigenvalue weighted by Gasteiger charge is -2.01. The van der Waals surface area contributed by atoms with E-state index in [9.17, 15) is 9.00 Å². The smallest absolute Gasteiger partial charge is 0.308 e. The summed E-state index contributed by atoms with van der Waals surface area (Å²) in [5.74, 6) is -0.391. The number of hydrogen-bond acceptors (Lipinski definition) is 5. The van der Waals surface area contributed by atoms with E-state index < -0.39 is 23.4 Å². The fraction of sp³-hybridized carbons (Fsp3) is 0.800. The highest BCUT2D eigenvalue weighted by molar-refractivity contribution is 7.75. The first-order chi connectivity index (χ1) is 5.22. The van der Waals surface area contributed by atoms with Crippen LogP contribution in [0.1, 0.15) is 6.42 Å². The molecule has 1 unspecified atom stereocenters. The Hall–Kier alpha value is -0.460. The Balaban J connectivity index is 2.28. The van der Waals surface area contributed by atoms with Crippen molar-refractivity contribution in [1.82, 2.24) is 0 Å². The van der Waals surface area contributed by atoms with Gasteiger partial charge in [0.25, 0.3) is 0 Å². The average Bonchev–Trinajstić information content (AvgIpc) is 2.35. The van der Waals surface area contributed by atoms with Gasteiger partial charge in [-0.2, -0.15) is 4.21 Å². The monoisotopic (exact) mass is 180 g/mol. The number of ether oxygens (including phenoxy) is 1. The molecule has 0 amide bonds. The number of hydrogen-bond donors (Lipinski definition) is 0. The average molecular weight is 180 g/mol. The van der Waals surface area contributed by atoms with Crippen molar-refractivity contribution in [3.8, 4) is 0 Å². The van der Waals surface area contributed by atoms with Crippen LogP contribution in [0.5, 0.6) is 0 Å². The molecule has 2 atom stereocenters. The molecule has 11 heavy (non-hydrogen) atoms. The molecular weight excluding hydrogens is 172 g/mol. The molecule has 0 aromatic rings. The molecule has 0 spiro atoms. The highest BCUT2D eigenvalue weighted by Crippen LogP contribution is 2.12. The summed E-state index contributed by atoms with van der Waals surface area (Å²) in [5.41, 5.74) is 0. The molecule has 1 rings (SSSR count). The van der Waals surface area contributed by atoms with Gasteiger partial charge in [-0.1, -0.05) is 0 Å². The fourth-order valence-electron chi connectivity index (χ4n) is 0.660. The van der Waals surface area contributed by atoms with Crippen LogP contribution in [0.25, 0.3) is 0 Å². The molecule has 1 fully saturated rings. The molecule has 0 bridgehead atoms. The fourth-order valence-corrected chi connectivity index (χ4v) is 1.32. The normalized spacial score (nSPS) is 30.3. The Morgan fingerprint density at radius 2 is 2.55 bits per heavy atom. The molecule has 1 heterocycles. The zero-order chi connectivity index (χ0) is 8.27. The van der Waals surface area contributed by atoms with Crippen molar-refractivity contribution < 1.29 is 22.1 Å². The van der Waals surface area contributed by atoms with Gasteiger partial charge in [0.1, 0.15) is 6.10 Å². The standard InChI is InChI=1S/C5H8O5S/c1-8-5(6)2-4-3-9-11(7)10-4/h4H,2-3H2,1H3/t4-,11?/m0/s1. The van der Waals surface area contributed by atoms with Gasteiger partial charge >= 0.3 is 17.3 Å². The van der Waals surface area contributed by atoms with Gasteiger partial charge in [0.15, 0.2) is 0 Å². The van der Waals surface area contributed by atoms with E-state index in [1.54, 1.807) is 0 Å². The number of carbonyl (C=O) groups is 1. The van der Waals surface area contributed by atoms with Gasteiger partial charge in [-0.05, 0) is 0 Å². The minimum absolute atomic E-state index is 0.0856. The summed E-state index contributed by atoms with van der Waals surface area (Å²) in [4.78, 5) is 10.6. The molecule has 1 aliphatic heterocycles. The second-order valence-corrected chi connectivity index (χ2v) is 2.82. The number of esters is 1. The van der Waals surface area contributed by atoms with E-state index in [1.165, 1.54) is 7.11 Å². The highest BCUT2D eigenvalue weighted by atomic mass is 32.2. The summed E-state index contributed by atoms with van der Waals surface area (Å²) in [5, 5.41) is 0. The Bertz CT molecular complexity index is 180. The minimum atomic E-state index is -1.68. The Kier molecular flexibility index (Phi) is 2.98. The van der Waals surface area contributed by atoms with E-state index in [1.807, 2.05) is 0 Å². The second-order valence-electron chi connectivity index (χ2n) is 1.99. The summed E-state index contributed by atoms with van der Waals surface area (Å²) in [6, 6.07) is 0. The maximum Gasteiger partial charge on any atom is 0.308 e. The van der Waals surface area contributed by atoms with Crippen molar-refractivity contribution in [2.75, 3.05) is 13.7 Å². The third-order valence-corrected chi connectivity index (χ3v) is 1.94. The molecule has 6 heteroatoms. The van der Waals surface area contributed by atoms with Crippen LogP contribution in [0.2, 0.25) is 0 Å². The van der Waals surface area contributed by atoms with Crippen LogP contribution in [-0.4, -0.2) is 30.0 Å². The lowest BCUT2D eigenvalue weighted by molar-refractivity contribution is -0.142. The first-order valence-electron chi connectivity index (χ1n) is 3.01. The van der Waals surface area contributed by atoms with E-state index in [0.29, 0.717) is 0 Å². The Morgan fingerprint density at radius 1 is 1.82 bits per heavy atom. The number of methoxy groups -OCH3 is 1. The quantitative estimate of drug-likeness (QED) is 0.538. The van der Waals surface area contributed by atoms with Crippen LogP contribution in [0.3, 0.4) is 0 Å². The molecule has 1 saturated heterocycles. The molecule has 0 aromatic carbocycles. The minimum Gasteiger partial charge on any atom is -0.469 e. The van der Waals surface area contributed by atoms with Gasteiger partial charge in [0.2, 0.25) is 0 Å². The van der Waals surface area contributed by atoms with Crippen molar-refractivity contribution in [2.24, 2.45) is 0 Å². The summed E-state index contributed by atoms with van der Waals surface area (Å²) in [7, 11) is 1.29. The van der Waals surface area contributed by atoms with Crippen molar-refractivity contribution >= 4 is 17.3 Å². The third kappa shape index (κ3) is 2.57. The topological polar surface area (TPSA) is 61.8 Å². The van der Waals surface area contributed by atoms with Gasteiger partial charge in [0.05, 0.1) is 20.1 Å². The SMILES string of the molecule is COC(=O)C[C@H]1COS(=O)O1. The molecule has 0 aromatic heterocycles. The zero-order valence-corrected chi connectivity index (χ0v) is 6.76. The predicted molar refractivity (Wildman–Crippen MR) is 35.6 cm³/mol. The van der Waals surface area contributed by atoms with Gasteiger partial charge < -0.3 is 4.74 Å². The van der Waals surface area contributed by atoms with Crippen LogP contribution >= 0.6 is 0 Å². The van der Waals surface area contributed by atoms with Crippen molar-refractivity contribution in [3.63, 3.8) is 0 Å². The molecular formula is C5H8O5S. The van der Waals surface area contributed by atoms with Crippen molar-refractivity contribution in [2.45, 2.75) is 12.5 Å². The van der Waals surface area contributed by atoms with Crippen LogP contribution in [0, 0.1) is 0 Å². The lowest BCUT2D eigenvalue weighted by Crippen LogP contribution is -2.16. The molecule has 0 aliphatic carbocycles. The van der Waals surface area contributed by atoms with Gasteiger partial charge in [0, 0.05) is 0 Å². The highest BCUT2D eigenvalue weighted by Gasteiger charge is 2.25. The molecule has 0 saturated carbocycles. The lowest BCUT2D eigenvalue weighted by atomic mass is 10.3. The summed E-state index contributed by atoms with van der Waals surface area (Å²) < 4.78 is 24.0. The molecule has 64 valence electrons. The molecule has 5 nitrogen and oxygen atoms in total. The van der Waals surface area contributed by atoms with E-state index >= 15 is 0 Å². The summed E-state index contributed by atoms with van der Waals surface area (Å²) in [6.07, 6.45) is -0.342. The van der Waals surface area contributed by atoms with Crippen LogP contribution in [-0.2, 0) is 29.3 Å². The van der Waals surface area contributed by atoms with E-state index in [-0.39, 0.29) is 13.0 Å². The van der Waals surface area contributed by atoms with Crippen molar-refractivity contribution in [1.29, 1.82) is 0 Å². The number of rotatable bonds is 2. The largest absolute Gasteiger partial charge is 0.469 e. The summed E-state index contributed by atoms with van der Waals surface area (Å²) in [6.45, 7) is 0.182. The second kappa shape index (κ2) is 3.80. The maximum atomic E-state index is 10.6. The third-order valence-electron chi connectivity index (χ3n) is 1.19. The Morgan fingerprint density at radius 3 is 3.00 bits per heavy atom. The van der Waals surface area contributed by atoms with Gasteiger partial charge in [-0.15, -0.1) is 0 Å². The van der Waals surface area contributed by atoms with Crippen LogP contribution in [0.4, 0.5) is 0 Å². The first kappa shape index (κ1) is 8.63. The first-order valence-corrected chi connectivity index (χ1v) is 4.01. The molecule has 0 radical (unpaired) electrons. The molecule has 0 N–H and O–H groups in total. The van der Waals surface area contributed by atoms with E-state index in [4.69, 9.17) is 0 Å². The Labute approximate surface area is 66.5 Å². The van der Waals surface area contributed by atoms with Crippen LogP contribution in [0.15, 0.2) is 0 Å². The van der Waals surface area contributed by atoms with Gasteiger partial charge in [-0.3, -0.25) is 13.2 Å². The predicted octanol–water partition coefficient (Wildman–Crippen LogP) is -0.456. The van der Waals surface area contributed by atoms with E-state index in [2.05, 4.69) is 13.1 Å². The maximum absolute atomic E-state index is 10.6. The van der Waals surface area contributed by atoms with Gasteiger partial charge in [-0.25, -0.2) is 0 Å². The van der Waals surface area contributed by atoms with Crippen molar-refractivity contribution in [3.05, 3.63) is 0 Å².